The fraction of sp³-hybridized carbons (Fsp3) is 0.235. The van der Waals surface area contributed by atoms with Gasteiger partial charge >= 0.3 is 5.69 Å². The average Bonchev–Trinajstić information content (AvgIpc) is 2.96. The second kappa shape index (κ2) is 6.93. The number of hydrogen-bond donors (Lipinski definition) is 0. The van der Waals surface area contributed by atoms with E-state index in [2.05, 4.69) is 11.6 Å². The lowest BCUT2D eigenvalue weighted by Crippen LogP contribution is -2.37. The summed E-state index contributed by atoms with van der Waals surface area (Å²) in [5, 5.41) is 1.26. The van der Waals surface area contributed by atoms with Crippen molar-refractivity contribution in [3.63, 3.8) is 0 Å². The molecule has 2 heterocycles. The smallest absolute Gasteiger partial charge is 0.309 e. The third-order valence-electron chi connectivity index (χ3n) is 3.93. The minimum atomic E-state index is -0.403. The number of halogens is 1. The van der Waals surface area contributed by atoms with Crippen molar-refractivity contribution in [3.05, 3.63) is 68.3 Å². The predicted molar refractivity (Wildman–Crippen MR) is 102 cm³/mol. The van der Waals surface area contributed by atoms with Crippen molar-refractivity contribution < 1.29 is 0 Å². The van der Waals surface area contributed by atoms with Crippen molar-refractivity contribution in [1.82, 2.24) is 18.7 Å². The molecule has 0 aliphatic rings. The monoisotopic (exact) mass is 376 g/mol. The van der Waals surface area contributed by atoms with Crippen LogP contribution in [0.25, 0.3) is 11.2 Å². The molecule has 0 N–H and O–H groups in total. The summed E-state index contributed by atoms with van der Waals surface area (Å²) < 4.78 is 4.29. The molecule has 0 unspecified atom stereocenters. The summed E-state index contributed by atoms with van der Waals surface area (Å²) in [5.41, 5.74) is 0.853. The lowest BCUT2D eigenvalue weighted by atomic mass is 10.2. The van der Waals surface area contributed by atoms with Crippen molar-refractivity contribution in [2.75, 3.05) is 5.75 Å². The maximum Gasteiger partial charge on any atom is 0.332 e. The van der Waals surface area contributed by atoms with Crippen molar-refractivity contribution in [3.8, 4) is 0 Å². The molecule has 0 amide bonds. The number of hydrogen-bond acceptors (Lipinski definition) is 4. The first-order valence-electron chi connectivity index (χ1n) is 7.59. The Morgan fingerprint density at radius 1 is 1.24 bits per heavy atom. The van der Waals surface area contributed by atoms with E-state index in [-0.39, 0.29) is 5.56 Å². The number of aromatic nitrogens is 4. The molecule has 1 aromatic carbocycles. The van der Waals surface area contributed by atoms with E-state index in [1.807, 2.05) is 22.8 Å². The highest BCUT2D eigenvalue weighted by molar-refractivity contribution is 7.99. The molecule has 2 aromatic heterocycles. The molecule has 6 nitrogen and oxygen atoms in total. The minimum absolute atomic E-state index is 0.367. The van der Waals surface area contributed by atoms with Gasteiger partial charge in [-0.2, -0.15) is 0 Å². The maximum atomic E-state index is 12.7. The van der Waals surface area contributed by atoms with Crippen LogP contribution in [0.1, 0.15) is 5.56 Å². The molecule has 25 heavy (non-hydrogen) atoms. The Kier molecular flexibility index (Phi) is 4.87. The van der Waals surface area contributed by atoms with Crippen molar-refractivity contribution in [1.29, 1.82) is 0 Å². The Balaban J connectivity index is 2.30. The molecule has 8 heteroatoms. The van der Waals surface area contributed by atoms with Gasteiger partial charge in [-0.15, -0.1) is 6.58 Å². The predicted octanol–water partition coefficient (Wildman–Crippen LogP) is 2.41. The molecule has 0 spiro atoms. The highest BCUT2D eigenvalue weighted by Gasteiger charge is 2.19. The summed E-state index contributed by atoms with van der Waals surface area (Å²) in [7, 11) is 3.08. The Bertz CT molecular complexity index is 1080. The van der Waals surface area contributed by atoms with Crippen LogP contribution in [0.2, 0.25) is 5.02 Å². The van der Waals surface area contributed by atoms with Crippen LogP contribution in [-0.2, 0) is 20.6 Å². The lowest BCUT2D eigenvalue weighted by Gasteiger charge is -2.10. The summed E-state index contributed by atoms with van der Waals surface area (Å²) in [6.07, 6.45) is 1.76. The second-order valence-electron chi connectivity index (χ2n) is 5.55. The van der Waals surface area contributed by atoms with Gasteiger partial charge in [-0.1, -0.05) is 47.6 Å². The van der Waals surface area contributed by atoms with Gasteiger partial charge in [0.2, 0.25) is 0 Å². The van der Waals surface area contributed by atoms with Crippen LogP contribution in [0.15, 0.2) is 51.7 Å². The zero-order valence-corrected chi connectivity index (χ0v) is 15.5. The first kappa shape index (κ1) is 17.6. The SMILES string of the molecule is C=CCSc1nc2c(c(=O)n(C)c(=O)n2C)n1Cc1ccccc1Cl. The number of thioether (sulfide) groups is 1. The van der Waals surface area contributed by atoms with Gasteiger partial charge in [-0.25, -0.2) is 9.78 Å². The molecule has 0 bridgehead atoms. The molecule has 130 valence electrons. The number of fused-ring (bicyclic) bond motifs is 1. The summed E-state index contributed by atoms with van der Waals surface area (Å²) >= 11 is 7.74. The molecule has 0 aliphatic heterocycles. The van der Waals surface area contributed by atoms with E-state index < -0.39 is 5.69 Å². The normalized spacial score (nSPS) is 11.2. The van der Waals surface area contributed by atoms with Gasteiger partial charge in [0.25, 0.3) is 5.56 Å². The molecule has 0 aliphatic carbocycles. The minimum Gasteiger partial charge on any atom is -0.309 e. The molecular weight excluding hydrogens is 360 g/mol. The van der Waals surface area contributed by atoms with Crippen molar-refractivity contribution in [2.45, 2.75) is 11.7 Å². The third kappa shape index (κ3) is 3.05. The molecule has 3 rings (SSSR count). The number of imidazole rings is 1. The maximum absolute atomic E-state index is 12.7. The van der Waals surface area contributed by atoms with Crippen LogP contribution < -0.4 is 11.2 Å². The first-order valence-corrected chi connectivity index (χ1v) is 8.95. The van der Waals surface area contributed by atoms with Crippen LogP contribution in [-0.4, -0.2) is 24.4 Å². The van der Waals surface area contributed by atoms with Crippen LogP contribution in [0.5, 0.6) is 0 Å². The van der Waals surface area contributed by atoms with Gasteiger partial charge < -0.3 is 4.57 Å². The van der Waals surface area contributed by atoms with Gasteiger partial charge in [-0.05, 0) is 11.6 Å². The standard InChI is InChI=1S/C17H17ClN4O2S/c1-4-9-25-16-19-14-13(15(23)21(3)17(24)20(14)2)22(16)10-11-7-5-6-8-12(11)18/h4-8H,1,9-10H2,2-3H3. The van der Waals surface area contributed by atoms with E-state index in [0.717, 1.165) is 10.1 Å². The first-order chi connectivity index (χ1) is 12.0. The summed E-state index contributed by atoms with van der Waals surface area (Å²) in [6.45, 7) is 4.11. The Labute approximate surface area is 153 Å². The van der Waals surface area contributed by atoms with Gasteiger partial charge in [0.1, 0.15) is 0 Å². The third-order valence-corrected chi connectivity index (χ3v) is 5.27. The zero-order chi connectivity index (χ0) is 18.1. The number of rotatable bonds is 5. The van der Waals surface area contributed by atoms with Gasteiger partial charge in [0.05, 0.1) is 6.54 Å². The number of nitrogens with zero attached hydrogens (tertiary/aromatic N) is 4. The molecule has 0 saturated carbocycles. The topological polar surface area (TPSA) is 61.8 Å². The summed E-state index contributed by atoms with van der Waals surface area (Å²) in [4.78, 5) is 29.4. The van der Waals surface area contributed by atoms with Crippen LogP contribution in [0.4, 0.5) is 0 Å². The largest absolute Gasteiger partial charge is 0.332 e. The molecule has 0 saturated heterocycles. The van der Waals surface area contributed by atoms with Crippen LogP contribution in [0.3, 0.4) is 0 Å². The van der Waals surface area contributed by atoms with Crippen LogP contribution >= 0.6 is 23.4 Å². The Morgan fingerprint density at radius 2 is 1.96 bits per heavy atom. The van der Waals surface area contributed by atoms with E-state index >= 15 is 0 Å². The molecular formula is C17H17ClN4O2S. The highest BCUT2D eigenvalue weighted by atomic mass is 35.5. The number of benzene rings is 1. The van der Waals surface area contributed by atoms with Crippen molar-refractivity contribution >= 4 is 34.5 Å². The van der Waals surface area contributed by atoms with E-state index in [1.54, 1.807) is 19.2 Å². The summed E-state index contributed by atoms with van der Waals surface area (Å²) in [6, 6.07) is 7.46. The van der Waals surface area contributed by atoms with Crippen molar-refractivity contribution in [2.24, 2.45) is 14.1 Å². The van der Waals surface area contributed by atoms with E-state index in [1.165, 1.54) is 23.4 Å². The summed E-state index contributed by atoms with van der Waals surface area (Å²) in [5.74, 6) is 0.639. The van der Waals surface area contributed by atoms with Crippen LogP contribution in [0, 0.1) is 0 Å². The molecule has 0 radical (unpaired) electrons. The highest BCUT2D eigenvalue weighted by Crippen LogP contribution is 2.25. The Hall–Kier alpha value is -2.25. The van der Waals surface area contributed by atoms with E-state index in [9.17, 15) is 9.59 Å². The van der Waals surface area contributed by atoms with Gasteiger partial charge in [-0.3, -0.25) is 13.9 Å². The van der Waals surface area contributed by atoms with Gasteiger partial charge in [0, 0.05) is 24.9 Å². The van der Waals surface area contributed by atoms with E-state index in [0.29, 0.717) is 33.6 Å². The Morgan fingerprint density at radius 3 is 2.64 bits per heavy atom. The zero-order valence-electron chi connectivity index (χ0n) is 13.9. The molecule has 0 atom stereocenters. The molecule has 3 aromatic rings. The lowest BCUT2D eigenvalue weighted by molar-refractivity contribution is 0.697. The number of aryl methyl sites for hydroxylation is 1. The van der Waals surface area contributed by atoms with E-state index in [4.69, 9.17) is 11.6 Å². The second-order valence-corrected chi connectivity index (χ2v) is 6.94. The quantitative estimate of drug-likeness (QED) is 0.506. The fourth-order valence-electron chi connectivity index (χ4n) is 2.61. The fourth-order valence-corrected chi connectivity index (χ4v) is 3.54. The molecule has 0 fully saturated rings. The van der Waals surface area contributed by atoms with Gasteiger partial charge in [0.15, 0.2) is 16.3 Å². The average molecular weight is 377 g/mol.